The highest BCUT2D eigenvalue weighted by atomic mass is 32.2. The van der Waals surface area contributed by atoms with Crippen LogP contribution >= 0.6 is 0 Å². The van der Waals surface area contributed by atoms with Crippen LogP contribution in [-0.4, -0.2) is 59.6 Å². The van der Waals surface area contributed by atoms with Gasteiger partial charge in [-0.1, -0.05) is 12.1 Å². The highest BCUT2D eigenvalue weighted by molar-refractivity contribution is 7.90. The lowest BCUT2D eigenvalue weighted by atomic mass is 10.1. The predicted octanol–water partition coefficient (Wildman–Crippen LogP) is 1.67. The van der Waals surface area contributed by atoms with Crippen LogP contribution in [0.5, 0.6) is 0 Å². The van der Waals surface area contributed by atoms with E-state index in [9.17, 15) is 8.42 Å². The lowest BCUT2D eigenvalue weighted by molar-refractivity contribution is 0.581. The fourth-order valence-electron chi connectivity index (χ4n) is 2.27. The van der Waals surface area contributed by atoms with Crippen molar-refractivity contribution in [2.75, 3.05) is 44.1 Å². The van der Waals surface area contributed by atoms with Gasteiger partial charge in [-0.25, -0.2) is 8.42 Å². The molecule has 1 atom stereocenters. The number of sulfone groups is 1. The topological polar surface area (TPSA) is 73.8 Å². The van der Waals surface area contributed by atoms with Crippen LogP contribution in [0.1, 0.15) is 25.8 Å². The van der Waals surface area contributed by atoms with Gasteiger partial charge in [-0.2, -0.15) is 0 Å². The van der Waals surface area contributed by atoms with Crippen molar-refractivity contribution in [3.8, 4) is 0 Å². The van der Waals surface area contributed by atoms with E-state index in [2.05, 4.69) is 44.8 Å². The number of guanidine groups is 1. The van der Waals surface area contributed by atoms with Gasteiger partial charge in [0.05, 0.1) is 5.75 Å². The molecule has 142 valence electrons. The summed E-state index contributed by atoms with van der Waals surface area (Å²) >= 11 is 0. The third-order valence-electron chi connectivity index (χ3n) is 3.77. The standard InChI is InChI=1S/C18H32N4O2S/c1-6-19-18(21-15(2)12-14-25(5,23)24)20-13-11-16-7-9-17(10-8-16)22(3)4/h7-10,15H,6,11-14H2,1-5H3,(H2,19,20,21). The van der Waals surface area contributed by atoms with Crippen molar-refractivity contribution < 1.29 is 8.42 Å². The van der Waals surface area contributed by atoms with E-state index in [1.165, 1.54) is 17.5 Å². The lowest BCUT2D eigenvalue weighted by Gasteiger charge is -2.17. The van der Waals surface area contributed by atoms with E-state index in [4.69, 9.17) is 0 Å². The van der Waals surface area contributed by atoms with Crippen molar-refractivity contribution in [2.45, 2.75) is 32.7 Å². The highest BCUT2D eigenvalue weighted by Crippen LogP contribution is 2.12. The van der Waals surface area contributed by atoms with Crippen molar-refractivity contribution in [3.63, 3.8) is 0 Å². The number of benzene rings is 1. The second-order valence-electron chi connectivity index (χ2n) is 6.54. The molecule has 0 radical (unpaired) electrons. The molecule has 0 aromatic heterocycles. The van der Waals surface area contributed by atoms with Crippen LogP contribution in [-0.2, 0) is 16.3 Å². The Balaban J connectivity index is 2.54. The zero-order valence-corrected chi connectivity index (χ0v) is 16.9. The second-order valence-corrected chi connectivity index (χ2v) is 8.80. The highest BCUT2D eigenvalue weighted by Gasteiger charge is 2.09. The molecule has 1 aromatic rings. The zero-order chi connectivity index (χ0) is 18.9. The van der Waals surface area contributed by atoms with E-state index in [0.29, 0.717) is 13.0 Å². The SMILES string of the molecule is CCNC(=NCCc1ccc(N(C)C)cc1)NC(C)CCS(C)(=O)=O. The summed E-state index contributed by atoms with van der Waals surface area (Å²) in [6.07, 6.45) is 2.69. The largest absolute Gasteiger partial charge is 0.378 e. The summed E-state index contributed by atoms with van der Waals surface area (Å²) in [7, 11) is 1.12. The molecule has 0 saturated carbocycles. The maximum Gasteiger partial charge on any atom is 0.191 e. The summed E-state index contributed by atoms with van der Waals surface area (Å²) < 4.78 is 22.5. The summed E-state index contributed by atoms with van der Waals surface area (Å²) in [6.45, 7) is 5.42. The van der Waals surface area contributed by atoms with E-state index >= 15 is 0 Å². The quantitative estimate of drug-likeness (QED) is 0.512. The molecule has 0 aliphatic carbocycles. The average Bonchev–Trinajstić information content (AvgIpc) is 2.53. The Labute approximate surface area is 152 Å². The average molecular weight is 369 g/mol. The molecule has 0 aliphatic rings. The molecule has 1 unspecified atom stereocenters. The van der Waals surface area contributed by atoms with Crippen LogP contribution in [0.3, 0.4) is 0 Å². The summed E-state index contributed by atoms with van der Waals surface area (Å²) in [4.78, 5) is 6.66. The van der Waals surface area contributed by atoms with Crippen LogP contribution in [0.4, 0.5) is 5.69 Å². The Bertz CT molecular complexity index is 640. The molecule has 2 N–H and O–H groups in total. The normalized spacial score (nSPS) is 13.4. The molecular formula is C18H32N4O2S. The molecule has 0 aliphatic heterocycles. The van der Waals surface area contributed by atoms with Crippen LogP contribution in [0.2, 0.25) is 0 Å². The third kappa shape index (κ3) is 9.34. The maximum absolute atomic E-state index is 11.3. The molecule has 25 heavy (non-hydrogen) atoms. The smallest absolute Gasteiger partial charge is 0.191 e. The van der Waals surface area contributed by atoms with E-state index in [1.807, 2.05) is 27.9 Å². The summed E-state index contributed by atoms with van der Waals surface area (Å²) in [5, 5.41) is 6.47. The van der Waals surface area contributed by atoms with Gasteiger partial charge in [-0.15, -0.1) is 0 Å². The molecule has 1 aromatic carbocycles. The number of rotatable bonds is 9. The van der Waals surface area contributed by atoms with Crippen LogP contribution in [0, 0.1) is 0 Å². The Morgan fingerprint density at radius 1 is 1.24 bits per heavy atom. The van der Waals surface area contributed by atoms with Gasteiger partial charge < -0.3 is 15.5 Å². The van der Waals surface area contributed by atoms with Gasteiger partial charge >= 0.3 is 0 Å². The minimum atomic E-state index is -2.93. The molecule has 0 amide bonds. The molecular weight excluding hydrogens is 336 g/mol. The Kier molecular flexibility index (Phi) is 8.75. The Hall–Kier alpha value is -1.76. The van der Waals surface area contributed by atoms with Gasteiger partial charge in [-0.3, -0.25) is 4.99 Å². The number of hydrogen-bond donors (Lipinski definition) is 2. The first-order valence-electron chi connectivity index (χ1n) is 8.70. The number of anilines is 1. The fourth-order valence-corrected chi connectivity index (χ4v) is 3.06. The third-order valence-corrected chi connectivity index (χ3v) is 4.75. The van der Waals surface area contributed by atoms with Crippen LogP contribution in [0.25, 0.3) is 0 Å². The number of hydrogen-bond acceptors (Lipinski definition) is 4. The van der Waals surface area contributed by atoms with Gasteiger partial charge in [0.2, 0.25) is 0 Å². The van der Waals surface area contributed by atoms with E-state index in [-0.39, 0.29) is 11.8 Å². The summed E-state index contributed by atoms with van der Waals surface area (Å²) in [6, 6.07) is 8.51. The van der Waals surface area contributed by atoms with E-state index in [1.54, 1.807) is 0 Å². The van der Waals surface area contributed by atoms with Crippen molar-refractivity contribution in [1.29, 1.82) is 0 Å². The van der Waals surface area contributed by atoms with Crippen molar-refractivity contribution in [3.05, 3.63) is 29.8 Å². The fraction of sp³-hybridized carbons (Fsp3) is 0.611. The molecule has 0 fully saturated rings. The van der Waals surface area contributed by atoms with Gasteiger partial charge in [0.15, 0.2) is 5.96 Å². The first kappa shape index (κ1) is 21.3. The van der Waals surface area contributed by atoms with Crippen molar-refractivity contribution in [2.24, 2.45) is 4.99 Å². The minimum absolute atomic E-state index is 0.0481. The van der Waals surface area contributed by atoms with Crippen LogP contribution in [0.15, 0.2) is 29.3 Å². The minimum Gasteiger partial charge on any atom is -0.378 e. The maximum atomic E-state index is 11.3. The van der Waals surface area contributed by atoms with Gasteiger partial charge in [0.1, 0.15) is 9.84 Å². The Morgan fingerprint density at radius 2 is 1.88 bits per heavy atom. The first-order valence-corrected chi connectivity index (χ1v) is 10.8. The summed E-state index contributed by atoms with van der Waals surface area (Å²) in [5.41, 5.74) is 2.43. The van der Waals surface area contributed by atoms with E-state index < -0.39 is 9.84 Å². The zero-order valence-electron chi connectivity index (χ0n) is 16.0. The predicted molar refractivity (Wildman–Crippen MR) is 107 cm³/mol. The number of nitrogens with zero attached hydrogens (tertiary/aromatic N) is 2. The molecule has 7 heteroatoms. The van der Waals surface area contributed by atoms with E-state index in [0.717, 1.165) is 18.9 Å². The molecule has 0 saturated heterocycles. The monoisotopic (exact) mass is 368 g/mol. The van der Waals surface area contributed by atoms with Gasteiger partial charge in [-0.05, 0) is 44.4 Å². The first-order chi connectivity index (χ1) is 11.7. The van der Waals surface area contributed by atoms with Gasteiger partial charge in [0.25, 0.3) is 0 Å². The molecule has 0 bridgehead atoms. The van der Waals surface area contributed by atoms with Crippen LogP contribution < -0.4 is 15.5 Å². The van der Waals surface area contributed by atoms with Crippen molar-refractivity contribution in [1.82, 2.24) is 10.6 Å². The van der Waals surface area contributed by atoms with Gasteiger partial charge in [0, 0.05) is 45.2 Å². The number of nitrogens with one attached hydrogen (secondary N) is 2. The molecule has 6 nitrogen and oxygen atoms in total. The lowest BCUT2D eigenvalue weighted by Crippen LogP contribution is -2.43. The Morgan fingerprint density at radius 3 is 2.40 bits per heavy atom. The van der Waals surface area contributed by atoms with Crippen molar-refractivity contribution >= 4 is 21.5 Å². The molecule has 0 spiro atoms. The summed E-state index contributed by atoms with van der Waals surface area (Å²) in [5.74, 6) is 0.909. The molecule has 1 rings (SSSR count). The number of aliphatic imine (C=N–C) groups is 1. The molecule has 0 heterocycles. The second kappa shape index (κ2) is 10.3.